The van der Waals surface area contributed by atoms with Crippen LogP contribution in [0.1, 0.15) is 51.4 Å². The summed E-state index contributed by atoms with van der Waals surface area (Å²) in [5, 5.41) is 7.16. The van der Waals surface area contributed by atoms with Crippen molar-refractivity contribution in [2.75, 3.05) is 6.61 Å². The lowest BCUT2D eigenvalue weighted by Crippen LogP contribution is -2.22. The lowest BCUT2D eigenvalue weighted by molar-refractivity contribution is -0.137. The molecule has 1 N–H and O–H groups in total. The number of ether oxygens (including phenoxy) is 1. The van der Waals surface area contributed by atoms with Crippen LogP contribution in [0.4, 0.5) is 13.2 Å². The van der Waals surface area contributed by atoms with Gasteiger partial charge in [-0.15, -0.1) is 0 Å². The predicted octanol–water partition coefficient (Wildman–Crippen LogP) is 6.23. The second kappa shape index (κ2) is 11.3. The van der Waals surface area contributed by atoms with Crippen molar-refractivity contribution in [3.63, 3.8) is 0 Å². The zero-order valence-corrected chi connectivity index (χ0v) is 20.9. The molecule has 1 aromatic heterocycles. The van der Waals surface area contributed by atoms with Crippen molar-refractivity contribution in [1.82, 2.24) is 15.1 Å². The van der Waals surface area contributed by atoms with Crippen LogP contribution in [0.5, 0.6) is 0 Å². The molecule has 1 heterocycles. The third-order valence-corrected chi connectivity index (χ3v) is 5.96. The Hall–Kier alpha value is -4.40. The summed E-state index contributed by atoms with van der Waals surface area (Å²) >= 11 is 0. The van der Waals surface area contributed by atoms with Crippen LogP contribution in [-0.2, 0) is 23.9 Å². The second-order valence-electron chi connectivity index (χ2n) is 8.52. The van der Waals surface area contributed by atoms with Gasteiger partial charge in [0.05, 0.1) is 23.6 Å². The number of carbonyl (C=O) groups is 2. The maximum absolute atomic E-state index is 12.7. The summed E-state index contributed by atoms with van der Waals surface area (Å²) in [5.41, 5.74) is 3.70. The quantitative estimate of drug-likeness (QED) is 0.279. The number of aryl methyl sites for hydroxylation is 1. The molecule has 4 rings (SSSR count). The Morgan fingerprint density at radius 3 is 2.11 bits per heavy atom. The summed E-state index contributed by atoms with van der Waals surface area (Å²) in [6.07, 6.45) is -3.51. The molecular formula is C29H26F3N3O3. The summed E-state index contributed by atoms with van der Waals surface area (Å²) in [4.78, 5) is 25.0. The smallest absolute Gasteiger partial charge is 0.416 e. The molecule has 38 heavy (non-hydrogen) atoms. The molecule has 0 spiro atoms. The van der Waals surface area contributed by atoms with E-state index in [-0.39, 0.29) is 24.8 Å². The number of nitrogens with one attached hydrogen (secondary N) is 1. The number of aromatic nitrogens is 2. The van der Waals surface area contributed by atoms with Crippen molar-refractivity contribution in [3.05, 3.63) is 107 Å². The van der Waals surface area contributed by atoms with Gasteiger partial charge in [0, 0.05) is 17.7 Å². The fourth-order valence-corrected chi connectivity index (χ4v) is 3.85. The highest BCUT2D eigenvalue weighted by Crippen LogP contribution is 2.29. The van der Waals surface area contributed by atoms with Crippen LogP contribution in [0.3, 0.4) is 0 Å². The molecule has 0 bridgehead atoms. The standard InChI is InChI=1S/C29H26F3N3O3/c1-3-19-5-9-21(10-6-19)26-17-25(28(37)38-4-2)34-35(26)24-15-11-22(12-16-24)27(36)33-18-20-7-13-23(14-8-20)29(30,31)32/h5-17H,3-4,18H2,1-2H3,(H,33,36). The van der Waals surface area contributed by atoms with Gasteiger partial charge in [-0.3, -0.25) is 4.79 Å². The van der Waals surface area contributed by atoms with E-state index in [1.165, 1.54) is 17.7 Å². The number of alkyl halides is 3. The number of amides is 1. The first-order valence-electron chi connectivity index (χ1n) is 12.1. The molecule has 3 aromatic carbocycles. The molecule has 0 fully saturated rings. The molecule has 0 radical (unpaired) electrons. The summed E-state index contributed by atoms with van der Waals surface area (Å²) in [6, 6.07) is 20.9. The Bertz CT molecular complexity index is 1410. The van der Waals surface area contributed by atoms with E-state index in [0.717, 1.165) is 24.1 Å². The van der Waals surface area contributed by atoms with E-state index in [9.17, 15) is 22.8 Å². The number of rotatable bonds is 8. The Labute approximate surface area is 218 Å². The number of esters is 1. The minimum absolute atomic E-state index is 0.0820. The highest BCUT2D eigenvalue weighted by atomic mass is 19.4. The zero-order chi connectivity index (χ0) is 27.3. The van der Waals surface area contributed by atoms with Gasteiger partial charge in [0.2, 0.25) is 0 Å². The highest BCUT2D eigenvalue weighted by Gasteiger charge is 2.29. The molecule has 196 valence electrons. The van der Waals surface area contributed by atoms with Crippen LogP contribution < -0.4 is 5.32 Å². The monoisotopic (exact) mass is 521 g/mol. The van der Waals surface area contributed by atoms with Gasteiger partial charge in [0.15, 0.2) is 5.69 Å². The van der Waals surface area contributed by atoms with Gasteiger partial charge in [-0.1, -0.05) is 43.3 Å². The third-order valence-electron chi connectivity index (χ3n) is 5.96. The molecular weight excluding hydrogens is 495 g/mol. The van der Waals surface area contributed by atoms with Gasteiger partial charge in [0.1, 0.15) is 0 Å². The minimum Gasteiger partial charge on any atom is -0.461 e. The first kappa shape index (κ1) is 26.7. The molecule has 0 aliphatic rings. The van der Waals surface area contributed by atoms with Gasteiger partial charge >= 0.3 is 12.1 Å². The molecule has 1 amide bonds. The Morgan fingerprint density at radius 1 is 0.895 bits per heavy atom. The molecule has 0 saturated carbocycles. The zero-order valence-electron chi connectivity index (χ0n) is 20.9. The summed E-state index contributed by atoms with van der Waals surface area (Å²) in [5.74, 6) is -0.906. The van der Waals surface area contributed by atoms with E-state index < -0.39 is 17.7 Å². The average Bonchev–Trinajstić information content (AvgIpc) is 3.37. The topological polar surface area (TPSA) is 73.2 Å². The van der Waals surface area contributed by atoms with E-state index in [2.05, 4.69) is 17.3 Å². The van der Waals surface area contributed by atoms with Gasteiger partial charge in [-0.05, 0) is 66.9 Å². The van der Waals surface area contributed by atoms with Crippen LogP contribution in [-0.4, -0.2) is 28.3 Å². The highest BCUT2D eigenvalue weighted by molar-refractivity contribution is 5.94. The molecule has 0 saturated heterocycles. The number of carbonyl (C=O) groups excluding carboxylic acids is 2. The average molecular weight is 522 g/mol. The van der Waals surface area contributed by atoms with Gasteiger partial charge in [-0.25, -0.2) is 9.48 Å². The van der Waals surface area contributed by atoms with Crippen molar-refractivity contribution in [2.24, 2.45) is 0 Å². The molecule has 0 unspecified atom stereocenters. The summed E-state index contributed by atoms with van der Waals surface area (Å²) < 4.78 is 45.0. The second-order valence-corrected chi connectivity index (χ2v) is 8.52. The summed E-state index contributed by atoms with van der Waals surface area (Å²) in [7, 11) is 0. The molecule has 6 nitrogen and oxygen atoms in total. The van der Waals surface area contributed by atoms with Crippen molar-refractivity contribution in [1.29, 1.82) is 0 Å². The SMILES string of the molecule is CCOC(=O)c1cc(-c2ccc(CC)cc2)n(-c2ccc(C(=O)NCc3ccc(C(F)(F)F)cc3)cc2)n1. The number of hydrogen-bond acceptors (Lipinski definition) is 4. The normalized spacial score (nSPS) is 11.3. The van der Waals surface area contributed by atoms with Crippen LogP contribution in [0.25, 0.3) is 16.9 Å². The predicted molar refractivity (Wildman–Crippen MR) is 137 cm³/mol. The van der Waals surface area contributed by atoms with Crippen LogP contribution in [0.2, 0.25) is 0 Å². The van der Waals surface area contributed by atoms with E-state index in [0.29, 0.717) is 22.5 Å². The van der Waals surface area contributed by atoms with Gasteiger partial charge in [-0.2, -0.15) is 18.3 Å². The van der Waals surface area contributed by atoms with E-state index in [1.807, 2.05) is 24.3 Å². The lowest BCUT2D eigenvalue weighted by Gasteiger charge is -2.10. The lowest BCUT2D eigenvalue weighted by atomic mass is 10.1. The Morgan fingerprint density at radius 2 is 1.53 bits per heavy atom. The fraction of sp³-hybridized carbons (Fsp3) is 0.207. The first-order chi connectivity index (χ1) is 18.2. The third kappa shape index (κ3) is 6.11. The van der Waals surface area contributed by atoms with Crippen LogP contribution in [0, 0.1) is 0 Å². The molecule has 4 aromatic rings. The van der Waals surface area contributed by atoms with Crippen LogP contribution in [0.15, 0.2) is 78.9 Å². The van der Waals surface area contributed by atoms with Crippen LogP contribution >= 0.6 is 0 Å². The molecule has 0 atom stereocenters. The largest absolute Gasteiger partial charge is 0.461 e. The number of benzene rings is 3. The number of halogens is 3. The Balaban J connectivity index is 1.53. The van der Waals surface area contributed by atoms with E-state index >= 15 is 0 Å². The maximum atomic E-state index is 12.7. The van der Waals surface area contributed by atoms with Crippen molar-refractivity contribution in [3.8, 4) is 16.9 Å². The molecule has 0 aliphatic carbocycles. The van der Waals surface area contributed by atoms with E-state index in [1.54, 1.807) is 41.9 Å². The molecule has 0 aliphatic heterocycles. The van der Waals surface area contributed by atoms with Crippen molar-refractivity contribution < 1.29 is 27.5 Å². The summed E-state index contributed by atoms with van der Waals surface area (Å²) in [6.45, 7) is 4.10. The van der Waals surface area contributed by atoms with E-state index in [4.69, 9.17) is 4.74 Å². The maximum Gasteiger partial charge on any atom is 0.416 e. The Kier molecular flexibility index (Phi) is 7.95. The van der Waals surface area contributed by atoms with Crippen molar-refractivity contribution >= 4 is 11.9 Å². The minimum atomic E-state index is -4.41. The van der Waals surface area contributed by atoms with Gasteiger partial charge < -0.3 is 10.1 Å². The number of nitrogens with zero attached hydrogens (tertiary/aromatic N) is 2. The first-order valence-corrected chi connectivity index (χ1v) is 12.1. The van der Waals surface area contributed by atoms with Gasteiger partial charge in [0.25, 0.3) is 5.91 Å². The fourth-order valence-electron chi connectivity index (χ4n) is 3.85. The molecule has 9 heteroatoms. The van der Waals surface area contributed by atoms with Crippen molar-refractivity contribution in [2.45, 2.75) is 33.0 Å². The number of hydrogen-bond donors (Lipinski definition) is 1.